The largest absolute Gasteiger partial charge is 0.396 e. The van der Waals surface area contributed by atoms with E-state index in [9.17, 15) is 0 Å². The maximum absolute atomic E-state index is 8.75. The average Bonchev–Trinajstić information content (AvgIpc) is 2.10. The van der Waals surface area contributed by atoms with Gasteiger partial charge in [0.05, 0.1) is 0 Å². The second kappa shape index (κ2) is 13.0. The van der Waals surface area contributed by atoms with E-state index >= 15 is 0 Å². The Bertz CT molecular complexity index is 82.9. The van der Waals surface area contributed by atoms with Crippen LogP contribution in [0.4, 0.5) is 0 Å². The minimum absolute atomic E-state index is 0. The smallest absolute Gasteiger partial charge is 0.0464 e. The molecule has 0 aliphatic carbocycles. The van der Waals surface area contributed by atoms with Crippen LogP contribution in [0.15, 0.2) is 0 Å². The maximum atomic E-state index is 8.75. The molecule has 0 aliphatic heterocycles. The molecule has 0 heterocycles. The van der Waals surface area contributed by atoms with Gasteiger partial charge in [0.25, 0.3) is 0 Å². The number of aliphatic hydroxyl groups excluding tert-OH is 1. The fourth-order valence-electron chi connectivity index (χ4n) is 1.18. The molecule has 0 aromatic rings. The van der Waals surface area contributed by atoms with Gasteiger partial charge in [-0.15, -0.1) is 0 Å². The Morgan fingerprint density at radius 1 is 1.00 bits per heavy atom. The van der Waals surface area contributed by atoms with E-state index in [-0.39, 0.29) is 39.3 Å². The first-order valence-corrected chi connectivity index (χ1v) is 4.43. The van der Waals surface area contributed by atoms with Gasteiger partial charge in [0.15, 0.2) is 0 Å². The molecule has 4 heteroatoms. The molecule has 1 N–H and O–H groups in total. The Morgan fingerprint density at radius 2 is 1.46 bits per heavy atom. The molecule has 0 unspecified atom stereocenters. The summed E-state index contributed by atoms with van der Waals surface area (Å²) >= 11 is 0. The minimum atomic E-state index is 0. The molecular formula is C9H20O3Y. The molecule has 0 aromatic carbocycles. The summed E-state index contributed by atoms with van der Waals surface area (Å²) in [6, 6.07) is 0. The third-order valence-corrected chi connectivity index (χ3v) is 2.00. The Morgan fingerprint density at radius 3 is 1.77 bits per heavy atom. The summed E-state index contributed by atoms with van der Waals surface area (Å²) in [5, 5.41) is 8.75. The monoisotopic (exact) mass is 265 g/mol. The van der Waals surface area contributed by atoms with Crippen LogP contribution in [0.5, 0.6) is 0 Å². The van der Waals surface area contributed by atoms with E-state index in [0.717, 1.165) is 32.5 Å². The molecule has 0 aliphatic rings. The van der Waals surface area contributed by atoms with Crippen molar-refractivity contribution in [1.29, 1.82) is 0 Å². The van der Waals surface area contributed by atoms with Crippen LogP contribution in [0.1, 0.15) is 19.3 Å². The summed E-state index contributed by atoms with van der Waals surface area (Å²) in [7, 11) is 3.40. The van der Waals surface area contributed by atoms with E-state index in [0.29, 0.717) is 5.92 Å². The van der Waals surface area contributed by atoms with Gasteiger partial charge >= 0.3 is 0 Å². The fraction of sp³-hybridized carbons (Fsp3) is 1.00. The first-order valence-electron chi connectivity index (χ1n) is 4.43. The van der Waals surface area contributed by atoms with Gasteiger partial charge in [0.1, 0.15) is 0 Å². The topological polar surface area (TPSA) is 38.7 Å². The third-order valence-electron chi connectivity index (χ3n) is 2.00. The Kier molecular flexibility index (Phi) is 16.4. The molecule has 3 nitrogen and oxygen atoms in total. The molecule has 0 spiro atoms. The molecule has 0 bridgehead atoms. The van der Waals surface area contributed by atoms with Gasteiger partial charge in [-0.05, 0) is 25.2 Å². The normalized spacial score (nSPS) is 10.2. The maximum Gasteiger partial charge on any atom is 0.0464 e. The zero-order chi connectivity index (χ0) is 9.23. The molecule has 0 amide bonds. The summed E-state index contributed by atoms with van der Waals surface area (Å²) in [5.41, 5.74) is 0. The van der Waals surface area contributed by atoms with E-state index in [4.69, 9.17) is 14.6 Å². The second-order valence-electron chi connectivity index (χ2n) is 2.94. The summed E-state index contributed by atoms with van der Waals surface area (Å²) in [6.45, 7) is 1.81. The van der Waals surface area contributed by atoms with E-state index in [1.165, 1.54) is 0 Å². The Labute approximate surface area is 106 Å². The van der Waals surface area contributed by atoms with Crippen molar-refractivity contribution in [3.05, 3.63) is 0 Å². The van der Waals surface area contributed by atoms with Gasteiger partial charge in [0.2, 0.25) is 0 Å². The van der Waals surface area contributed by atoms with Gasteiger partial charge < -0.3 is 14.6 Å². The average molecular weight is 265 g/mol. The summed E-state index contributed by atoms with van der Waals surface area (Å²) in [6.07, 6.45) is 2.88. The number of hydrogen-bond acceptors (Lipinski definition) is 3. The van der Waals surface area contributed by atoms with Crippen molar-refractivity contribution in [2.24, 2.45) is 5.92 Å². The van der Waals surface area contributed by atoms with Gasteiger partial charge in [-0.1, -0.05) is 0 Å². The van der Waals surface area contributed by atoms with E-state index in [2.05, 4.69) is 0 Å². The van der Waals surface area contributed by atoms with E-state index in [1.54, 1.807) is 14.2 Å². The number of ether oxygens (including phenoxy) is 2. The molecule has 0 aromatic heterocycles. The van der Waals surface area contributed by atoms with E-state index in [1.807, 2.05) is 0 Å². The molecule has 0 atom stereocenters. The van der Waals surface area contributed by atoms with Crippen LogP contribution >= 0.6 is 0 Å². The molecule has 0 saturated carbocycles. The first kappa shape index (κ1) is 16.4. The molecule has 0 saturated heterocycles. The SMILES string of the molecule is COCCC(CCO)CCOC.[Y]. The van der Waals surface area contributed by atoms with E-state index < -0.39 is 0 Å². The van der Waals surface area contributed by atoms with Crippen LogP contribution in [0.3, 0.4) is 0 Å². The van der Waals surface area contributed by atoms with Crippen LogP contribution in [-0.2, 0) is 42.2 Å². The van der Waals surface area contributed by atoms with Crippen molar-refractivity contribution in [3.8, 4) is 0 Å². The van der Waals surface area contributed by atoms with Crippen molar-refractivity contribution in [2.75, 3.05) is 34.0 Å². The van der Waals surface area contributed by atoms with Gasteiger partial charge in [-0.3, -0.25) is 0 Å². The third kappa shape index (κ3) is 10.9. The second-order valence-corrected chi connectivity index (χ2v) is 2.94. The fourth-order valence-corrected chi connectivity index (χ4v) is 1.18. The van der Waals surface area contributed by atoms with Crippen LogP contribution in [0, 0.1) is 5.92 Å². The minimum Gasteiger partial charge on any atom is -0.396 e. The number of aliphatic hydroxyl groups is 1. The van der Waals surface area contributed by atoms with Crippen LogP contribution in [0.25, 0.3) is 0 Å². The molecule has 0 rings (SSSR count). The van der Waals surface area contributed by atoms with Gasteiger partial charge in [0, 0.05) is 66.7 Å². The van der Waals surface area contributed by atoms with Crippen LogP contribution < -0.4 is 0 Å². The first-order chi connectivity index (χ1) is 5.85. The van der Waals surface area contributed by atoms with Gasteiger partial charge in [-0.25, -0.2) is 0 Å². The van der Waals surface area contributed by atoms with Crippen molar-refractivity contribution in [3.63, 3.8) is 0 Å². The molecule has 1 radical (unpaired) electrons. The summed E-state index contributed by atoms with van der Waals surface area (Å²) in [5.74, 6) is 0.537. The van der Waals surface area contributed by atoms with Crippen LogP contribution in [-0.4, -0.2) is 39.1 Å². The Balaban J connectivity index is 0. The van der Waals surface area contributed by atoms with Crippen molar-refractivity contribution in [2.45, 2.75) is 19.3 Å². The Hall–Kier alpha value is 0.984. The zero-order valence-electron chi connectivity index (χ0n) is 8.66. The van der Waals surface area contributed by atoms with Crippen molar-refractivity contribution in [1.82, 2.24) is 0 Å². The quantitative estimate of drug-likeness (QED) is 0.713. The molecule has 13 heavy (non-hydrogen) atoms. The predicted molar refractivity (Wildman–Crippen MR) is 48.2 cm³/mol. The summed E-state index contributed by atoms with van der Waals surface area (Å²) in [4.78, 5) is 0. The zero-order valence-corrected chi connectivity index (χ0v) is 11.5. The summed E-state index contributed by atoms with van der Waals surface area (Å²) < 4.78 is 9.95. The number of methoxy groups -OCH3 is 2. The van der Waals surface area contributed by atoms with Gasteiger partial charge in [-0.2, -0.15) is 0 Å². The van der Waals surface area contributed by atoms with Crippen molar-refractivity contribution < 1.29 is 47.3 Å². The molecule has 77 valence electrons. The number of hydrogen-bond donors (Lipinski definition) is 1. The predicted octanol–water partition coefficient (Wildman–Crippen LogP) is 1.06. The van der Waals surface area contributed by atoms with Crippen LogP contribution in [0.2, 0.25) is 0 Å². The molecule has 0 fully saturated rings. The standard InChI is InChI=1S/C9H20O3.Y/c1-11-7-4-9(3-6-10)5-8-12-2;/h9-10H,3-8H2,1-2H3;. The number of rotatable bonds is 8. The molecular weight excluding hydrogens is 245 g/mol. The van der Waals surface area contributed by atoms with Crippen molar-refractivity contribution >= 4 is 0 Å².